The second-order valence-corrected chi connectivity index (χ2v) is 2.71. The Hall–Kier alpha value is -0.470. The van der Waals surface area contributed by atoms with Gasteiger partial charge in [-0.3, -0.25) is 4.79 Å². The van der Waals surface area contributed by atoms with Gasteiger partial charge in [0.2, 0.25) is 6.43 Å². The first-order valence-electron chi connectivity index (χ1n) is 3.50. The van der Waals surface area contributed by atoms with Gasteiger partial charge in [0.25, 0.3) is 0 Å². The van der Waals surface area contributed by atoms with Gasteiger partial charge in [0, 0.05) is 18.8 Å². The van der Waals surface area contributed by atoms with E-state index in [1.54, 1.807) is 0 Å². The van der Waals surface area contributed by atoms with E-state index >= 15 is 0 Å². The SMILES string of the molecule is O=C1CCC(C(F)F)CC1. The number of carbonyl (C=O) groups excluding carboxylic acids is 1. The highest BCUT2D eigenvalue weighted by atomic mass is 19.3. The molecule has 0 aromatic rings. The summed E-state index contributed by atoms with van der Waals surface area (Å²) in [6.45, 7) is 0. The lowest BCUT2D eigenvalue weighted by atomic mass is 9.89. The second-order valence-electron chi connectivity index (χ2n) is 2.71. The molecule has 3 heteroatoms. The third-order valence-electron chi connectivity index (χ3n) is 1.94. The van der Waals surface area contributed by atoms with Gasteiger partial charge in [-0.25, -0.2) is 8.78 Å². The normalized spacial score (nSPS) is 22.1. The van der Waals surface area contributed by atoms with Crippen LogP contribution in [0, 0.1) is 5.92 Å². The maximum absolute atomic E-state index is 11.9. The monoisotopic (exact) mass is 148 g/mol. The van der Waals surface area contributed by atoms with Crippen molar-refractivity contribution in [2.45, 2.75) is 32.1 Å². The molecule has 58 valence electrons. The van der Waals surface area contributed by atoms with Gasteiger partial charge in [-0.1, -0.05) is 0 Å². The van der Waals surface area contributed by atoms with Crippen LogP contribution in [0.25, 0.3) is 0 Å². The Morgan fingerprint density at radius 2 is 1.80 bits per heavy atom. The summed E-state index contributed by atoms with van der Waals surface area (Å²) in [6, 6.07) is 0. The van der Waals surface area contributed by atoms with Crippen LogP contribution in [0.5, 0.6) is 0 Å². The van der Waals surface area contributed by atoms with Gasteiger partial charge in [-0.2, -0.15) is 0 Å². The molecule has 10 heavy (non-hydrogen) atoms. The van der Waals surface area contributed by atoms with E-state index in [0.29, 0.717) is 25.7 Å². The van der Waals surface area contributed by atoms with E-state index in [0.717, 1.165) is 0 Å². The maximum Gasteiger partial charge on any atom is 0.241 e. The fourth-order valence-electron chi connectivity index (χ4n) is 1.21. The number of halogens is 2. The fourth-order valence-corrected chi connectivity index (χ4v) is 1.21. The van der Waals surface area contributed by atoms with E-state index in [4.69, 9.17) is 0 Å². The van der Waals surface area contributed by atoms with Crippen LogP contribution in [0.4, 0.5) is 8.78 Å². The van der Waals surface area contributed by atoms with Crippen molar-refractivity contribution in [2.24, 2.45) is 5.92 Å². The molecule has 0 aliphatic heterocycles. The first-order chi connectivity index (χ1) is 4.70. The largest absolute Gasteiger partial charge is 0.300 e. The van der Waals surface area contributed by atoms with Crippen LogP contribution < -0.4 is 0 Å². The van der Waals surface area contributed by atoms with Crippen molar-refractivity contribution in [3.8, 4) is 0 Å². The number of carbonyl (C=O) groups is 1. The molecule has 0 amide bonds. The van der Waals surface area contributed by atoms with Gasteiger partial charge >= 0.3 is 0 Å². The highest BCUT2D eigenvalue weighted by molar-refractivity contribution is 5.79. The summed E-state index contributed by atoms with van der Waals surface area (Å²) in [6.07, 6.45) is -0.745. The van der Waals surface area contributed by atoms with E-state index in [1.807, 2.05) is 0 Å². The number of hydrogen-bond donors (Lipinski definition) is 0. The molecule has 0 unspecified atom stereocenters. The average molecular weight is 148 g/mol. The summed E-state index contributed by atoms with van der Waals surface area (Å²) in [5, 5.41) is 0. The van der Waals surface area contributed by atoms with Crippen molar-refractivity contribution in [3.63, 3.8) is 0 Å². The zero-order chi connectivity index (χ0) is 7.56. The fraction of sp³-hybridized carbons (Fsp3) is 0.857. The Balaban J connectivity index is 2.33. The molecule has 0 spiro atoms. The summed E-state index contributed by atoms with van der Waals surface area (Å²) in [5.41, 5.74) is 0. The Labute approximate surface area is 58.4 Å². The Morgan fingerprint density at radius 3 is 2.20 bits per heavy atom. The molecule has 1 saturated carbocycles. The van der Waals surface area contributed by atoms with Gasteiger partial charge in [-0.05, 0) is 12.8 Å². The summed E-state index contributed by atoms with van der Waals surface area (Å²) < 4.78 is 23.9. The lowest BCUT2D eigenvalue weighted by Gasteiger charge is -2.19. The summed E-state index contributed by atoms with van der Waals surface area (Å²) in [4.78, 5) is 10.6. The molecule has 0 atom stereocenters. The van der Waals surface area contributed by atoms with E-state index in [2.05, 4.69) is 0 Å². The molecule has 0 bridgehead atoms. The molecule has 0 N–H and O–H groups in total. The Morgan fingerprint density at radius 1 is 1.30 bits per heavy atom. The molecule has 1 aliphatic rings. The zero-order valence-corrected chi connectivity index (χ0v) is 5.65. The van der Waals surface area contributed by atoms with Crippen LogP contribution in [0.2, 0.25) is 0 Å². The first kappa shape index (κ1) is 7.63. The number of alkyl halides is 2. The first-order valence-corrected chi connectivity index (χ1v) is 3.50. The van der Waals surface area contributed by atoms with E-state index in [-0.39, 0.29) is 5.78 Å². The third kappa shape index (κ3) is 1.75. The van der Waals surface area contributed by atoms with Gasteiger partial charge in [-0.15, -0.1) is 0 Å². The van der Waals surface area contributed by atoms with Crippen LogP contribution >= 0.6 is 0 Å². The molecule has 0 radical (unpaired) electrons. The molecule has 1 nitrogen and oxygen atoms in total. The molecule has 0 saturated heterocycles. The minimum Gasteiger partial charge on any atom is -0.300 e. The van der Waals surface area contributed by atoms with Gasteiger partial charge in [0.1, 0.15) is 5.78 Å². The smallest absolute Gasteiger partial charge is 0.241 e. The standard InChI is InChI=1S/C7H10F2O/c8-7(9)5-1-3-6(10)4-2-5/h5,7H,1-4H2. The van der Waals surface area contributed by atoms with Crippen LogP contribution in [0.3, 0.4) is 0 Å². The molecular formula is C7H10F2O. The van der Waals surface area contributed by atoms with E-state index in [1.165, 1.54) is 0 Å². The van der Waals surface area contributed by atoms with Gasteiger partial charge < -0.3 is 0 Å². The minimum atomic E-state index is -2.23. The predicted octanol–water partition coefficient (Wildman–Crippen LogP) is 2.01. The molecular weight excluding hydrogens is 138 g/mol. The minimum absolute atomic E-state index is 0.136. The zero-order valence-electron chi connectivity index (χ0n) is 5.65. The summed E-state index contributed by atoms with van der Waals surface area (Å²) in [7, 11) is 0. The van der Waals surface area contributed by atoms with Gasteiger partial charge in [0.05, 0.1) is 0 Å². The topological polar surface area (TPSA) is 17.1 Å². The lowest BCUT2D eigenvalue weighted by molar-refractivity contribution is -0.122. The number of Topliss-reactive ketones (excluding diaryl/α,β-unsaturated/α-hetero) is 1. The molecule has 0 aromatic carbocycles. The van der Waals surface area contributed by atoms with Crippen LogP contribution in [-0.4, -0.2) is 12.2 Å². The van der Waals surface area contributed by atoms with Crippen molar-refractivity contribution >= 4 is 5.78 Å². The van der Waals surface area contributed by atoms with E-state index < -0.39 is 12.3 Å². The van der Waals surface area contributed by atoms with Crippen molar-refractivity contribution in [3.05, 3.63) is 0 Å². The molecule has 0 aromatic heterocycles. The highest BCUT2D eigenvalue weighted by Gasteiger charge is 2.25. The van der Waals surface area contributed by atoms with Crippen molar-refractivity contribution in [1.29, 1.82) is 0 Å². The lowest BCUT2D eigenvalue weighted by Crippen LogP contribution is -2.19. The Kier molecular flexibility index (Phi) is 2.35. The molecule has 0 heterocycles. The third-order valence-corrected chi connectivity index (χ3v) is 1.94. The predicted molar refractivity (Wildman–Crippen MR) is 33.0 cm³/mol. The number of rotatable bonds is 1. The molecule has 1 fully saturated rings. The van der Waals surface area contributed by atoms with Crippen LogP contribution in [-0.2, 0) is 4.79 Å². The van der Waals surface area contributed by atoms with Crippen LogP contribution in [0.1, 0.15) is 25.7 Å². The number of ketones is 1. The van der Waals surface area contributed by atoms with Crippen molar-refractivity contribution in [1.82, 2.24) is 0 Å². The number of hydrogen-bond acceptors (Lipinski definition) is 1. The van der Waals surface area contributed by atoms with E-state index in [9.17, 15) is 13.6 Å². The Bertz CT molecular complexity index is 124. The molecule has 1 rings (SSSR count). The van der Waals surface area contributed by atoms with Crippen molar-refractivity contribution in [2.75, 3.05) is 0 Å². The summed E-state index contributed by atoms with van der Waals surface area (Å²) >= 11 is 0. The average Bonchev–Trinajstić information content (AvgIpc) is 1.88. The quantitative estimate of drug-likeness (QED) is 0.556. The molecule has 1 aliphatic carbocycles. The maximum atomic E-state index is 11.9. The van der Waals surface area contributed by atoms with Gasteiger partial charge in [0.15, 0.2) is 0 Å². The summed E-state index contributed by atoms with van der Waals surface area (Å²) in [5.74, 6) is -0.380. The highest BCUT2D eigenvalue weighted by Crippen LogP contribution is 2.26. The second kappa shape index (κ2) is 3.08. The van der Waals surface area contributed by atoms with Crippen LogP contribution in [0.15, 0.2) is 0 Å². The van der Waals surface area contributed by atoms with Crippen molar-refractivity contribution < 1.29 is 13.6 Å².